The van der Waals surface area contributed by atoms with E-state index >= 15 is 0 Å². The molecule has 0 atom stereocenters. The second-order valence-electron chi connectivity index (χ2n) is 4.17. The van der Waals surface area contributed by atoms with Crippen LogP contribution in [0.1, 0.15) is 11.1 Å². The number of rotatable bonds is 4. The Bertz CT molecular complexity index is 592. The summed E-state index contributed by atoms with van der Waals surface area (Å²) in [6, 6.07) is 15.5. The van der Waals surface area contributed by atoms with E-state index in [0.717, 1.165) is 22.6 Å². The lowest BCUT2D eigenvalue weighted by Gasteiger charge is -2.07. The van der Waals surface area contributed by atoms with E-state index in [-0.39, 0.29) is 0 Å². The molecular formula is C17H17NO2. The van der Waals surface area contributed by atoms with Gasteiger partial charge in [0.2, 0.25) is 0 Å². The van der Waals surface area contributed by atoms with Crippen molar-refractivity contribution in [2.45, 2.75) is 6.61 Å². The Hall–Kier alpha value is -2.44. The molecule has 0 aliphatic rings. The molecule has 0 unspecified atom stereocenters. The average Bonchev–Trinajstić information content (AvgIpc) is 2.52. The van der Waals surface area contributed by atoms with Gasteiger partial charge in [0, 0.05) is 5.56 Å². The summed E-state index contributed by atoms with van der Waals surface area (Å²) in [5.74, 6) is 7.45. The minimum absolute atomic E-state index is 0.377. The highest BCUT2D eigenvalue weighted by molar-refractivity contribution is 5.36. The van der Waals surface area contributed by atoms with E-state index in [1.165, 1.54) is 0 Å². The van der Waals surface area contributed by atoms with Gasteiger partial charge >= 0.3 is 0 Å². The molecule has 0 spiro atoms. The van der Waals surface area contributed by atoms with Crippen molar-refractivity contribution in [3.63, 3.8) is 0 Å². The van der Waals surface area contributed by atoms with Crippen LogP contribution in [0.5, 0.6) is 11.5 Å². The van der Waals surface area contributed by atoms with Gasteiger partial charge < -0.3 is 15.2 Å². The fraction of sp³-hybridized carbons (Fsp3) is 0.176. The van der Waals surface area contributed by atoms with E-state index in [2.05, 4.69) is 11.8 Å². The maximum atomic E-state index is 5.70. The lowest BCUT2D eigenvalue weighted by molar-refractivity contribution is 0.305. The van der Waals surface area contributed by atoms with Crippen molar-refractivity contribution < 1.29 is 9.47 Å². The Morgan fingerprint density at radius 1 is 0.950 bits per heavy atom. The van der Waals surface area contributed by atoms with Crippen LogP contribution in [-0.4, -0.2) is 13.7 Å². The molecule has 3 heteroatoms. The van der Waals surface area contributed by atoms with Crippen LogP contribution in [0.4, 0.5) is 0 Å². The van der Waals surface area contributed by atoms with Crippen LogP contribution in [0.3, 0.4) is 0 Å². The molecule has 0 radical (unpaired) electrons. The van der Waals surface area contributed by atoms with Crippen molar-refractivity contribution in [3.8, 4) is 23.3 Å². The first-order chi connectivity index (χ1) is 9.81. The van der Waals surface area contributed by atoms with Gasteiger partial charge in [-0.2, -0.15) is 0 Å². The van der Waals surface area contributed by atoms with Gasteiger partial charge in [-0.05, 0) is 42.0 Å². The lowest BCUT2D eigenvalue weighted by atomic mass is 10.1. The molecule has 2 N–H and O–H groups in total. The van der Waals surface area contributed by atoms with Crippen molar-refractivity contribution in [2.24, 2.45) is 5.73 Å². The van der Waals surface area contributed by atoms with Crippen LogP contribution in [0.2, 0.25) is 0 Å². The number of hydrogen-bond acceptors (Lipinski definition) is 3. The lowest BCUT2D eigenvalue weighted by Crippen LogP contribution is -1.95. The minimum atomic E-state index is 0.377. The van der Waals surface area contributed by atoms with Crippen LogP contribution in [0, 0.1) is 11.8 Å². The molecule has 0 aliphatic heterocycles. The number of benzene rings is 2. The van der Waals surface area contributed by atoms with Crippen molar-refractivity contribution in [3.05, 3.63) is 59.7 Å². The minimum Gasteiger partial charge on any atom is -0.497 e. The fourth-order valence-electron chi connectivity index (χ4n) is 1.68. The molecule has 0 fully saturated rings. The van der Waals surface area contributed by atoms with Crippen LogP contribution in [-0.2, 0) is 6.61 Å². The molecule has 2 rings (SSSR count). The van der Waals surface area contributed by atoms with Crippen LogP contribution < -0.4 is 15.2 Å². The summed E-state index contributed by atoms with van der Waals surface area (Å²) in [5, 5.41) is 0. The number of ether oxygens (including phenoxy) is 2. The third-order valence-electron chi connectivity index (χ3n) is 2.75. The monoisotopic (exact) mass is 267 g/mol. The standard InChI is InChI=1S/C17H17NO2/c1-19-16-8-10-17(11-9-16)20-13-15-6-4-14(5-7-15)3-2-12-18/h4-11H,12-13,18H2,1H3. The van der Waals surface area contributed by atoms with Crippen molar-refractivity contribution in [2.75, 3.05) is 13.7 Å². The zero-order valence-corrected chi connectivity index (χ0v) is 11.4. The van der Waals surface area contributed by atoms with Gasteiger partial charge in [0.1, 0.15) is 18.1 Å². The molecule has 0 aromatic heterocycles. The van der Waals surface area contributed by atoms with Crippen LogP contribution >= 0.6 is 0 Å². The summed E-state index contributed by atoms with van der Waals surface area (Å²) >= 11 is 0. The highest BCUT2D eigenvalue weighted by Gasteiger charge is 1.97. The Balaban J connectivity index is 1.93. The smallest absolute Gasteiger partial charge is 0.120 e. The second kappa shape index (κ2) is 7.22. The molecule has 0 bridgehead atoms. The van der Waals surface area contributed by atoms with Gasteiger partial charge in [0.15, 0.2) is 0 Å². The van der Waals surface area contributed by atoms with E-state index in [4.69, 9.17) is 15.2 Å². The van der Waals surface area contributed by atoms with Gasteiger partial charge in [-0.1, -0.05) is 24.0 Å². The highest BCUT2D eigenvalue weighted by Crippen LogP contribution is 2.18. The van der Waals surface area contributed by atoms with Gasteiger partial charge in [0.25, 0.3) is 0 Å². The van der Waals surface area contributed by atoms with Gasteiger partial charge in [0.05, 0.1) is 13.7 Å². The summed E-state index contributed by atoms with van der Waals surface area (Å²) < 4.78 is 10.8. The molecule has 0 saturated carbocycles. The van der Waals surface area contributed by atoms with Gasteiger partial charge in [-0.15, -0.1) is 0 Å². The summed E-state index contributed by atoms with van der Waals surface area (Å²) in [6.07, 6.45) is 0. The van der Waals surface area contributed by atoms with E-state index in [9.17, 15) is 0 Å². The van der Waals surface area contributed by atoms with Gasteiger partial charge in [-0.3, -0.25) is 0 Å². The van der Waals surface area contributed by atoms with E-state index in [1.54, 1.807) is 7.11 Å². The van der Waals surface area contributed by atoms with Crippen molar-refractivity contribution in [1.82, 2.24) is 0 Å². The van der Waals surface area contributed by atoms with Crippen LogP contribution in [0.15, 0.2) is 48.5 Å². The molecule has 0 heterocycles. The second-order valence-corrected chi connectivity index (χ2v) is 4.17. The third-order valence-corrected chi connectivity index (χ3v) is 2.75. The summed E-state index contributed by atoms with van der Waals surface area (Å²) in [6.45, 7) is 0.902. The predicted molar refractivity (Wildman–Crippen MR) is 79.7 cm³/mol. The molecule has 102 valence electrons. The Kier molecular flexibility index (Phi) is 5.05. The molecule has 0 amide bonds. The van der Waals surface area contributed by atoms with E-state index in [1.807, 2.05) is 48.5 Å². The predicted octanol–water partition coefficient (Wildman–Crippen LogP) is 2.58. The van der Waals surface area contributed by atoms with Gasteiger partial charge in [-0.25, -0.2) is 0 Å². The fourth-order valence-corrected chi connectivity index (χ4v) is 1.68. The quantitative estimate of drug-likeness (QED) is 0.866. The maximum absolute atomic E-state index is 5.70. The largest absolute Gasteiger partial charge is 0.497 e. The number of hydrogen-bond donors (Lipinski definition) is 1. The zero-order chi connectivity index (χ0) is 14.2. The Morgan fingerprint density at radius 2 is 1.60 bits per heavy atom. The highest BCUT2D eigenvalue weighted by atomic mass is 16.5. The first-order valence-corrected chi connectivity index (χ1v) is 6.36. The summed E-state index contributed by atoms with van der Waals surface area (Å²) in [7, 11) is 1.64. The number of nitrogens with two attached hydrogens (primary N) is 1. The molecule has 0 aliphatic carbocycles. The normalized spacial score (nSPS) is 9.50. The zero-order valence-electron chi connectivity index (χ0n) is 11.4. The molecule has 0 saturated heterocycles. The SMILES string of the molecule is COc1ccc(OCc2ccc(C#CCN)cc2)cc1. The Morgan fingerprint density at radius 3 is 2.20 bits per heavy atom. The van der Waals surface area contributed by atoms with Crippen molar-refractivity contribution >= 4 is 0 Å². The summed E-state index contributed by atoms with van der Waals surface area (Å²) in [4.78, 5) is 0. The summed E-state index contributed by atoms with van der Waals surface area (Å²) in [5.41, 5.74) is 7.39. The van der Waals surface area contributed by atoms with Crippen LogP contribution in [0.25, 0.3) is 0 Å². The number of methoxy groups -OCH3 is 1. The van der Waals surface area contributed by atoms with E-state index in [0.29, 0.717) is 13.2 Å². The van der Waals surface area contributed by atoms with E-state index < -0.39 is 0 Å². The maximum Gasteiger partial charge on any atom is 0.120 e. The molecular weight excluding hydrogens is 250 g/mol. The topological polar surface area (TPSA) is 44.5 Å². The first-order valence-electron chi connectivity index (χ1n) is 6.36. The Labute approximate surface area is 119 Å². The van der Waals surface area contributed by atoms with Crippen molar-refractivity contribution in [1.29, 1.82) is 0 Å². The molecule has 20 heavy (non-hydrogen) atoms. The first kappa shape index (κ1) is 14.0. The molecule has 2 aromatic carbocycles. The molecule has 2 aromatic rings. The average molecular weight is 267 g/mol. The third kappa shape index (κ3) is 4.04. The molecule has 3 nitrogen and oxygen atoms in total.